The summed E-state index contributed by atoms with van der Waals surface area (Å²) in [5, 5.41) is 0. The van der Waals surface area contributed by atoms with Crippen molar-refractivity contribution >= 4 is 7.37 Å². The maximum atomic E-state index is 11.8. The SMILES string of the molecule is CCP(=O)(CC(F)(F)F)OCC(F)(F)F. The highest BCUT2D eigenvalue weighted by atomic mass is 31.2. The van der Waals surface area contributed by atoms with Crippen LogP contribution in [0.3, 0.4) is 0 Å². The van der Waals surface area contributed by atoms with Crippen LogP contribution in [0.1, 0.15) is 6.92 Å². The monoisotopic (exact) mass is 258 g/mol. The molecule has 0 radical (unpaired) electrons. The molecule has 1 unspecified atom stereocenters. The summed E-state index contributed by atoms with van der Waals surface area (Å²) in [5.74, 6) is 0. The average Bonchev–Trinajstić information content (AvgIpc) is 1.97. The molecule has 92 valence electrons. The van der Waals surface area contributed by atoms with Crippen LogP contribution in [0.4, 0.5) is 26.3 Å². The lowest BCUT2D eigenvalue weighted by molar-refractivity contribution is -0.155. The standard InChI is InChI=1S/C6H9F6O2P/c1-2-15(13,4-6(10,11)12)14-3-5(7,8)9/h2-4H2,1H3. The van der Waals surface area contributed by atoms with Crippen LogP contribution in [0.2, 0.25) is 0 Å². The van der Waals surface area contributed by atoms with E-state index < -0.39 is 38.7 Å². The van der Waals surface area contributed by atoms with E-state index in [0.29, 0.717) is 0 Å². The van der Waals surface area contributed by atoms with Gasteiger partial charge in [0.1, 0.15) is 12.8 Å². The Morgan fingerprint density at radius 3 is 1.80 bits per heavy atom. The molecule has 0 aromatic heterocycles. The molecule has 9 heteroatoms. The Labute approximate surface area is 82.0 Å². The Morgan fingerprint density at radius 2 is 1.53 bits per heavy atom. The van der Waals surface area contributed by atoms with Crippen molar-refractivity contribution in [3.63, 3.8) is 0 Å². The molecule has 0 aliphatic heterocycles. The van der Waals surface area contributed by atoms with E-state index in [1.807, 2.05) is 0 Å². The number of halogens is 6. The van der Waals surface area contributed by atoms with Gasteiger partial charge in [0.2, 0.25) is 7.37 Å². The number of hydrogen-bond donors (Lipinski definition) is 0. The van der Waals surface area contributed by atoms with Crippen LogP contribution < -0.4 is 0 Å². The molecule has 1 atom stereocenters. The van der Waals surface area contributed by atoms with Crippen molar-refractivity contribution in [2.45, 2.75) is 19.3 Å². The van der Waals surface area contributed by atoms with E-state index in [1.165, 1.54) is 0 Å². The second-order valence-electron chi connectivity index (χ2n) is 2.79. The summed E-state index contributed by atoms with van der Waals surface area (Å²) in [6.45, 7) is -0.836. The maximum absolute atomic E-state index is 11.8. The van der Waals surface area contributed by atoms with Gasteiger partial charge in [-0.1, -0.05) is 6.92 Å². The molecule has 2 nitrogen and oxygen atoms in total. The number of alkyl halides is 6. The lowest BCUT2D eigenvalue weighted by Gasteiger charge is -2.19. The van der Waals surface area contributed by atoms with Crippen LogP contribution in [-0.4, -0.2) is 31.3 Å². The highest BCUT2D eigenvalue weighted by molar-refractivity contribution is 7.59. The molecule has 15 heavy (non-hydrogen) atoms. The fourth-order valence-electron chi connectivity index (χ4n) is 0.713. The van der Waals surface area contributed by atoms with E-state index in [0.717, 1.165) is 6.92 Å². The minimum absolute atomic E-state index is 0.581. The highest BCUT2D eigenvalue weighted by Gasteiger charge is 2.41. The van der Waals surface area contributed by atoms with Crippen LogP contribution in [0.25, 0.3) is 0 Å². The van der Waals surface area contributed by atoms with Gasteiger partial charge < -0.3 is 4.52 Å². The zero-order valence-electron chi connectivity index (χ0n) is 7.65. The second kappa shape index (κ2) is 4.74. The molecular weight excluding hydrogens is 249 g/mol. The van der Waals surface area contributed by atoms with Gasteiger partial charge in [0.05, 0.1) is 0 Å². The molecule has 0 aliphatic rings. The average molecular weight is 258 g/mol. The first-order valence-electron chi connectivity index (χ1n) is 3.83. The molecule has 0 rings (SSSR count). The molecule has 0 saturated heterocycles. The van der Waals surface area contributed by atoms with Crippen LogP contribution in [0, 0.1) is 0 Å². The molecule has 0 amide bonds. The minimum Gasteiger partial charge on any atom is -0.319 e. The summed E-state index contributed by atoms with van der Waals surface area (Å²) in [6.07, 6.45) is -12.0. The van der Waals surface area contributed by atoms with Gasteiger partial charge in [0.25, 0.3) is 0 Å². The van der Waals surface area contributed by atoms with E-state index >= 15 is 0 Å². The van der Waals surface area contributed by atoms with E-state index in [-0.39, 0.29) is 0 Å². The Balaban J connectivity index is 4.40. The summed E-state index contributed by atoms with van der Waals surface area (Å²) < 4.78 is 85.4. The highest BCUT2D eigenvalue weighted by Crippen LogP contribution is 2.51. The zero-order chi connectivity index (χ0) is 12.3. The molecule has 0 aromatic carbocycles. The van der Waals surface area contributed by atoms with Crippen LogP contribution >= 0.6 is 7.37 Å². The zero-order valence-corrected chi connectivity index (χ0v) is 8.55. The van der Waals surface area contributed by atoms with E-state index in [2.05, 4.69) is 4.52 Å². The van der Waals surface area contributed by atoms with Crippen LogP contribution in [-0.2, 0) is 9.09 Å². The summed E-state index contributed by atoms with van der Waals surface area (Å²) in [7, 11) is -4.26. The molecule has 0 N–H and O–H groups in total. The van der Waals surface area contributed by atoms with Crippen LogP contribution in [0.5, 0.6) is 0 Å². The predicted octanol–water partition coefficient (Wildman–Crippen LogP) is 3.43. The smallest absolute Gasteiger partial charge is 0.319 e. The topological polar surface area (TPSA) is 26.3 Å². The lowest BCUT2D eigenvalue weighted by Crippen LogP contribution is -2.21. The van der Waals surface area contributed by atoms with Crippen molar-refractivity contribution in [3.8, 4) is 0 Å². The Hall–Kier alpha value is -0.230. The van der Waals surface area contributed by atoms with E-state index in [9.17, 15) is 30.9 Å². The van der Waals surface area contributed by atoms with E-state index in [4.69, 9.17) is 0 Å². The van der Waals surface area contributed by atoms with Crippen molar-refractivity contribution in [2.75, 3.05) is 18.9 Å². The molecule has 0 aliphatic carbocycles. The molecule has 0 aromatic rings. The summed E-state index contributed by atoms with van der Waals surface area (Å²) in [5.41, 5.74) is 0. The van der Waals surface area contributed by atoms with Gasteiger partial charge in [-0.2, -0.15) is 26.3 Å². The largest absolute Gasteiger partial charge is 0.412 e. The van der Waals surface area contributed by atoms with Gasteiger partial charge >= 0.3 is 12.4 Å². The first kappa shape index (κ1) is 14.8. The second-order valence-corrected chi connectivity index (χ2v) is 5.63. The Kier molecular flexibility index (Phi) is 4.67. The quantitative estimate of drug-likeness (QED) is 0.570. The lowest BCUT2D eigenvalue weighted by atomic mass is 10.7. The van der Waals surface area contributed by atoms with Gasteiger partial charge in [-0.05, 0) is 0 Å². The number of hydrogen-bond acceptors (Lipinski definition) is 2. The van der Waals surface area contributed by atoms with Gasteiger partial charge in [-0.3, -0.25) is 4.57 Å². The van der Waals surface area contributed by atoms with Crippen molar-refractivity contribution in [1.82, 2.24) is 0 Å². The fraction of sp³-hybridized carbons (Fsp3) is 1.00. The first-order chi connectivity index (χ1) is 6.47. The molecular formula is C6H9F6O2P. The fourth-order valence-corrected chi connectivity index (χ4v) is 2.14. The third kappa shape index (κ3) is 7.67. The van der Waals surface area contributed by atoms with Crippen molar-refractivity contribution in [1.29, 1.82) is 0 Å². The van der Waals surface area contributed by atoms with Gasteiger partial charge in [0.15, 0.2) is 0 Å². The van der Waals surface area contributed by atoms with Crippen molar-refractivity contribution in [2.24, 2.45) is 0 Å². The Morgan fingerprint density at radius 1 is 1.07 bits per heavy atom. The van der Waals surface area contributed by atoms with Crippen LogP contribution in [0.15, 0.2) is 0 Å². The first-order valence-corrected chi connectivity index (χ1v) is 5.83. The van der Waals surface area contributed by atoms with Gasteiger partial charge in [-0.25, -0.2) is 0 Å². The minimum atomic E-state index is -4.79. The van der Waals surface area contributed by atoms with Gasteiger partial charge in [0, 0.05) is 6.16 Å². The van der Waals surface area contributed by atoms with E-state index in [1.54, 1.807) is 0 Å². The third-order valence-corrected chi connectivity index (χ3v) is 3.77. The summed E-state index contributed by atoms with van der Waals surface area (Å²) in [4.78, 5) is 0. The van der Waals surface area contributed by atoms with Crippen molar-refractivity contribution in [3.05, 3.63) is 0 Å². The molecule has 0 fully saturated rings. The van der Waals surface area contributed by atoms with Crippen molar-refractivity contribution < 1.29 is 35.4 Å². The molecule has 0 bridgehead atoms. The third-order valence-electron chi connectivity index (χ3n) is 1.37. The summed E-state index contributed by atoms with van der Waals surface area (Å²) in [6, 6.07) is 0. The number of rotatable bonds is 4. The van der Waals surface area contributed by atoms with Gasteiger partial charge in [-0.15, -0.1) is 0 Å². The normalized spacial score (nSPS) is 17.5. The Bertz CT molecular complexity index is 245. The maximum Gasteiger partial charge on any atom is 0.412 e. The summed E-state index contributed by atoms with van der Waals surface area (Å²) >= 11 is 0. The molecule has 0 saturated carbocycles. The molecule has 0 spiro atoms. The molecule has 0 heterocycles. The predicted molar refractivity (Wildman–Crippen MR) is 41.1 cm³/mol.